The van der Waals surface area contributed by atoms with Crippen LogP contribution < -0.4 is 5.73 Å². The maximum Gasteiger partial charge on any atom is 0.266 e. The van der Waals surface area contributed by atoms with E-state index in [4.69, 9.17) is 17.3 Å². The number of carbonyl (C=O) groups is 1. The number of thiophene rings is 2. The van der Waals surface area contributed by atoms with Gasteiger partial charge in [0.25, 0.3) is 5.91 Å². The summed E-state index contributed by atoms with van der Waals surface area (Å²) in [6.45, 7) is 0.496. The van der Waals surface area contributed by atoms with Gasteiger partial charge in [-0.15, -0.1) is 27.8 Å². The lowest BCUT2D eigenvalue weighted by Gasteiger charge is -2.15. The van der Waals surface area contributed by atoms with E-state index in [1.165, 1.54) is 22.7 Å². The van der Waals surface area contributed by atoms with Crippen molar-refractivity contribution in [1.82, 2.24) is 15.1 Å². The van der Waals surface area contributed by atoms with Crippen LogP contribution in [0.15, 0.2) is 24.4 Å². The fraction of sp³-hybridized carbons (Fsp3) is 0.154. The number of hydrogen-bond acceptors (Lipinski definition) is 6. The molecule has 0 unspecified atom stereocenters. The summed E-state index contributed by atoms with van der Waals surface area (Å²) in [5.74, 6) is -0.125. The van der Waals surface area contributed by atoms with E-state index >= 15 is 0 Å². The molecule has 8 heteroatoms. The topological polar surface area (TPSA) is 72.1 Å². The first kappa shape index (κ1) is 14.2. The van der Waals surface area contributed by atoms with Gasteiger partial charge in [0.2, 0.25) is 0 Å². The van der Waals surface area contributed by atoms with Gasteiger partial charge in [-0.25, -0.2) is 0 Å². The van der Waals surface area contributed by atoms with Crippen LogP contribution in [0.5, 0.6) is 0 Å². The van der Waals surface area contributed by atoms with Crippen molar-refractivity contribution in [1.29, 1.82) is 0 Å². The molecule has 0 fully saturated rings. The summed E-state index contributed by atoms with van der Waals surface area (Å²) < 4.78 is 0.711. The first-order chi connectivity index (χ1) is 10.1. The van der Waals surface area contributed by atoms with Gasteiger partial charge in [0.05, 0.1) is 22.8 Å². The first-order valence-corrected chi connectivity index (χ1v) is 8.06. The van der Waals surface area contributed by atoms with Crippen LogP contribution in [-0.4, -0.2) is 28.1 Å². The molecule has 3 rings (SSSR count). The van der Waals surface area contributed by atoms with Gasteiger partial charge in [0.1, 0.15) is 9.71 Å². The number of anilines is 1. The van der Waals surface area contributed by atoms with E-state index in [2.05, 4.69) is 10.2 Å². The maximum absolute atomic E-state index is 12.5. The normalized spacial score (nSPS) is 11.0. The van der Waals surface area contributed by atoms with Crippen molar-refractivity contribution in [2.75, 3.05) is 12.8 Å². The zero-order valence-corrected chi connectivity index (χ0v) is 13.4. The molecule has 0 aliphatic carbocycles. The van der Waals surface area contributed by atoms with Gasteiger partial charge in [0, 0.05) is 17.3 Å². The standard InChI is InChI=1S/C13H11ClN4OS2/c1-18(6-7-2-3-9(14)20-7)13(19)11-10(15)8-4-5-16-17-12(8)21-11/h2-5H,6,15H2,1H3. The largest absolute Gasteiger partial charge is 0.397 e. The van der Waals surface area contributed by atoms with Gasteiger partial charge in [0.15, 0.2) is 0 Å². The van der Waals surface area contributed by atoms with Crippen LogP contribution >= 0.6 is 34.3 Å². The number of nitrogens with two attached hydrogens (primary N) is 1. The lowest BCUT2D eigenvalue weighted by Crippen LogP contribution is -2.25. The molecule has 0 bridgehead atoms. The smallest absolute Gasteiger partial charge is 0.266 e. The summed E-state index contributed by atoms with van der Waals surface area (Å²) in [5.41, 5.74) is 6.52. The van der Waals surface area contributed by atoms with Crippen molar-refractivity contribution in [3.05, 3.63) is 38.5 Å². The number of nitrogen functional groups attached to an aromatic ring is 1. The van der Waals surface area contributed by atoms with Crippen molar-refractivity contribution in [3.63, 3.8) is 0 Å². The summed E-state index contributed by atoms with van der Waals surface area (Å²) >= 11 is 8.62. The Bertz CT molecular complexity index is 813. The number of aromatic nitrogens is 2. The average Bonchev–Trinajstić information content (AvgIpc) is 3.03. The minimum Gasteiger partial charge on any atom is -0.397 e. The molecule has 0 atom stereocenters. The van der Waals surface area contributed by atoms with E-state index in [0.29, 0.717) is 26.3 Å². The molecule has 0 saturated carbocycles. The van der Waals surface area contributed by atoms with Crippen molar-refractivity contribution in [2.24, 2.45) is 0 Å². The summed E-state index contributed by atoms with van der Waals surface area (Å²) in [7, 11) is 1.74. The fourth-order valence-electron chi connectivity index (χ4n) is 1.95. The van der Waals surface area contributed by atoms with E-state index in [1.54, 1.807) is 24.2 Å². The highest BCUT2D eigenvalue weighted by atomic mass is 35.5. The minimum absolute atomic E-state index is 0.125. The lowest BCUT2D eigenvalue weighted by molar-refractivity contribution is 0.0792. The second-order valence-electron chi connectivity index (χ2n) is 4.46. The van der Waals surface area contributed by atoms with Crippen LogP contribution in [0.1, 0.15) is 14.5 Å². The number of fused-ring (bicyclic) bond motifs is 1. The minimum atomic E-state index is -0.125. The number of nitrogens with zero attached hydrogens (tertiary/aromatic N) is 3. The lowest BCUT2D eigenvalue weighted by atomic mass is 10.2. The quantitative estimate of drug-likeness (QED) is 0.795. The summed E-state index contributed by atoms with van der Waals surface area (Å²) in [6.07, 6.45) is 1.57. The van der Waals surface area contributed by atoms with E-state index < -0.39 is 0 Å². The second kappa shape index (κ2) is 5.59. The third kappa shape index (κ3) is 2.72. The van der Waals surface area contributed by atoms with Crippen LogP contribution in [0.25, 0.3) is 10.2 Å². The Kier molecular flexibility index (Phi) is 3.79. The zero-order chi connectivity index (χ0) is 15.0. The molecule has 0 radical (unpaired) electrons. The van der Waals surface area contributed by atoms with Crippen molar-refractivity contribution < 1.29 is 4.79 Å². The Morgan fingerprint density at radius 3 is 2.86 bits per heavy atom. The number of hydrogen-bond donors (Lipinski definition) is 1. The van der Waals surface area contributed by atoms with Gasteiger partial charge in [-0.05, 0) is 18.2 Å². The number of amides is 1. The zero-order valence-electron chi connectivity index (χ0n) is 11.0. The first-order valence-electron chi connectivity index (χ1n) is 6.05. The van der Waals surface area contributed by atoms with Crippen molar-refractivity contribution >= 4 is 56.1 Å². The van der Waals surface area contributed by atoms with E-state index in [0.717, 1.165) is 10.3 Å². The van der Waals surface area contributed by atoms with Gasteiger partial charge in [-0.3, -0.25) is 4.79 Å². The molecule has 5 nitrogen and oxygen atoms in total. The van der Waals surface area contributed by atoms with Crippen molar-refractivity contribution in [2.45, 2.75) is 6.54 Å². The maximum atomic E-state index is 12.5. The molecule has 3 aromatic heterocycles. The van der Waals surface area contributed by atoms with Crippen LogP contribution in [0.4, 0.5) is 5.69 Å². The molecule has 0 aliphatic heterocycles. The molecule has 1 amide bonds. The highest BCUT2D eigenvalue weighted by Crippen LogP contribution is 2.32. The Morgan fingerprint density at radius 1 is 1.38 bits per heavy atom. The molecule has 0 spiro atoms. The summed E-state index contributed by atoms with van der Waals surface area (Å²) in [5, 5.41) is 8.57. The van der Waals surface area contributed by atoms with Crippen LogP contribution in [0.3, 0.4) is 0 Å². The van der Waals surface area contributed by atoms with Gasteiger partial charge in [-0.2, -0.15) is 5.10 Å². The van der Waals surface area contributed by atoms with Crippen LogP contribution in [-0.2, 0) is 6.54 Å². The molecule has 2 N–H and O–H groups in total. The molecular weight excluding hydrogens is 328 g/mol. The van der Waals surface area contributed by atoms with Gasteiger partial charge in [-0.1, -0.05) is 11.6 Å². The molecule has 0 saturated heterocycles. The second-order valence-corrected chi connectivity index (χ2v) is 7.26. The Hall–Kier alpha value is -1.70. The Balaban J connectivity index is 1.87. The van der Waals surface area contributed by atoms with Crippen LogP contribution in [0, 0.1) is 0 Å². The highest BCUT2D eigenvalue weighted by molar-refractivity contribution is 7.21. The number of rotatable bonds is 3. The molecule has 21 heavy (non-hydrogen) atoms. The summed E-state index contributed by atoms with van der Waals surface area (Å²) in [4.78, 5) is 16.3. The SMILES string of the molecule is CN(Cc1ccc(Cl)s1)C(=O)c1sc2nnccc2c1N. The third-order valence-electron chi connectivity index (χ3n) is 2.98. The van der Waals surface area contributed by atoms with Gasteiger partial charge < -0.3 is 10.6 Å². The van der Waals surface area contributed by atoms with E-state index in [-0.39, 0.29) is 5.91 Å². The number of halogens is 1. The molecular formula is C13H11ClN4OS2. The predicted molar refractivity (Wildman–Crippen MR) is 87.0 cm³/mol. The molecule has 3 heterocycles. The molecule has 3 aromatic rings. The predicted octanol–water partition coefficient (Wildman–Crippen LogP) is 3.26. The fourth-order valence-corrected chi connectivity index (χ4v) is 4.12. The highest BCUT2D eigenvalue weighted by Gasteiger charge is 2.20. The van der Waals surface area contributed by atoms with Crippen molar-refractivity contribution in [3.8, 4) is 0 Å². The summed E-state index contributed by atoms with van der Waals surface area (Å²) in [6, 6.07) is 5.50. The number of carbonyl (C=O) groups excluding carboxylic acids is 1. The van der Waals surface area contributed by atoms with E-state index in [9.17, 15) is 4.79 Å². The molecule has 0 aliphatic rings. The Labute approximate surface area is 134 Å². The third-order valence-corrected chi connectivity index (χ3v) is 5.29. The monoisotopic (exact) mass is 338 g/mol. The van der Waals surface area contributed by atoms with E-state index in [1.807, 2.05) is 12.1 Å². The molecule has 0 aromatic carbocycles. The Morgan fingerprint density at radius 2 is 2.19 bits per heavy atom. The van der Waals surface area contributed by atoms with Gasteiger partial charge >= 0.3 is 0 Å². The average molecular weight is 339 g/mol. The molecule has 108 valence electrons. The van der Waals surface area contributed by atoms with Crippen LogP contribution in [0.2, 0.25) is 4.34 Å².